The van der Waals surface area contributed by atoms with Crippen molar-refractivity contribution in [2.45, 2.75) is 39.5 Å². The molecule has 4 heteroatoms. The third kappa shape index (κ3) is 1.68. The molecule has 0 atom stereocenters. The summed E-state index contributed by atoms with van der Waals surface area (Å²) in [6, 6.07) is 4.02. The number of furan rings is 1. The second-order valence-corrected chi connectivity index (χ2v) is 5.33. The van der Waals surface area contributed by atoms with Gasteiger partial charge in [-0.2, -0.15) is 0 Å². The monoisotopic (exact) mass is 243 g/mol. The highest BCUT2D eigenvalue weighted by atomic mass is 16.3. The lowest BCUT2D eigenvalue weighted by Crippen LogP contribution is -1.85. The van der Waals surface area contributed by atoms with Crippen molar-refractivity contribution < 1.29 is 4.42 Å². The number of aromatic amines is 1. The van der Waals surface area contributed by atoms with Crippen molar-refractivity contribution in [1.29, 1.82) is 0 Å². The second-order valence-electron chi connectivity index (χ2n) is 5.33. The van der Waals surface area contributed by atoms with E-state index in [4.69, 9.17) is 4.42 Å². The molecule has 0 aliphatic rings. The fraction of sp³-hybridized carbons (Fsp3) is 0.429. The van der Waals surface area contributed by atoms with Crippen LogP contribution in [0.15, 0.2) is 16.5 Å². The Balaban J connectivity index is 2.21. The van der Waals surface area contributed by atoms with Gasteiger partial charge in [-0.15, -0.1) is 0 Å². The predicted molar refractivity (Wildman–Crippen MR) is 71.8 cm³/mol. The van der Waals surface area contributed by atoms with Gasteiger partial charge in [0.05, 0.1) is 0 Å². The molecular formula is C14H17N3O. The van der Waals surface area contributed by atoms with Crippen molar-refractivity contribution in [3.8, 4) is 0 Å². The van der Waals surface area contributed by atoms with Crippen molar-refractivity contribution >= 4 is 22.4 Å². The summed E-state index contributed by atoms with van der Waals surface area (Å²) in [5.74, 6) is 1.73. The first-order valence-electron chi connectivity index (χ1n) is 6.34. The molecule has 0 aliphatic heterocycles. The number of aromatic nitrogens is 3. The van der Waals surface area contributed by atoms with Gasteiger partial charge in [0.2, 0.25) is 5.71 Å². The Morgan fingerprint density at radius 2 is 1.78 bits per heavy atom. The normalized spacial score (nSPS) is 12.3. The standard InChI is InChI=1S/C14H17N3O/c1-7(2)9-5-10-13(15-9)16-11-6-12(8(3)4)18-14(11)17-10/h5-8H,1-4H3,(H,15,16). The van der Waals surface area contributed by atoms with E-state index in [0.717, 1.165) is 28.1 Å². The van der Waals surface area contributed by atoms with E-state index in [1.807, 2.05) is 12.1 Å². The minimum Gasteiger partial charge on any atom is -0.441 e. The molecule has 1 N–H and O–H groups in total. The second kappa shape index (κ2) is 3.83. The smallest absolute Gasteiger partial charge is 0.246 e. The van der Waals surface area contributed by atoms with Crippen molar-refractivity contribution in [2.24, 2.45) is 0 Å². The Bertz CT molecular complexity index is 598. The van der Waals surface area contributed by atoms with E-state index in [9.17, 15) is 0 Å². The van der Waals surface area contributed by atoms with Gasteiger partial charge in [0, 0.05) is 17.7 Å². The van der Waals surface area contributed by atoms with Gasteiger partial charge < -0.3 is 9.40 Å². The molecule has 94 valence electrons. The number of nitrogens with one attached hydrogen (secondary N) is 1. The Hall–Kier alpha value is -1.84. The van der Waals surface area contributed by atoms with Crippen molar-refractivity contribution in [1.82, 2.24) is 15.0 Å². The number of hydrogen-bond acceptors (Lipinski definition) is 3. The van der Waals surface area contributed by atoms with Crippen molar-refractivity contribution in [2.75, 3.05) is 0 Å². The zero-order valence-corrected chi connectivity index (χ0v) is 11.1. The molecule has 0 aliphatic carbocycles. The van der Waals surface area contributed by atoms with Gasteiger partial charge in [-0.3, -0.25) is 0 Å². The quantitative estimate of drug-likeness (QED) is 0.741. The highest BCUT2D eigenvalue weighted by Crippen LogP contribution is 2.25. The summed E-state index contributed by atoms with van der Waals surface area (Å²) in [7, 11) is 0. The van der Waals surface area contributed by atoms with Crippen LogP contribution < -0.4 is 0 Å². The maximum Gasteiger partial charge on any atom is 0.246 e. The van der Waals surface area contributed by atoms with E-state index in [-0.39, 0.29) is 0 Å². The number of nitrogens with zero attached hydrogens (tertiary/aromatic N) is 2. The average molecular weight is 243 g/mol. The summed E-state index contributed by atoms with van der Waals surface area (Å²) in [6.07, 6.45) is 0. The average Bonchev–Trinajstić information content (AvgIpc) is 2.87. The summed E-state index contributed by atoms with van der Waals surface area (Å²) in [4.78, 5) is 12.4. The molecule has 0 amide bonds. The number of hydrogen-bond donors (Lipinski definition) is 1. The molecule has 0 bridgehead atoms. The van der Waals surface area contributed by atoms with Crippen molar-refractivity contribution in [3.63, 3.8) is 0 Å². The summed E-state index contributed by atoms with van der Waals surface area (Å²) < 4.78 is 5.72. The van der Waals surface area contributed by atoms with E-state index in [2.05, 4.69) is 42.6 Å². The Morgan fingerprint density at radius 3 is 2.44 bits per heavy atom. The lowest BCUT2D eigenvalue weighted by Gasteiger charge is -1.97. The predicted octanol–water partition coefficient (Wildman–Crippen LogP) is 3.95. The molecule has 0 saturated heterocycles. The molecule has 0 aromatic carbocycles. The van der Waals surface area contributed by atoms with E-state index < -0.39 is 0 Å². The molecular weight excluding hydrogens is 226 g/mol. The lowest BCUT2D eigenvalue weighted by atomic mass is 10.1. The van der Waals surface area contributed by atoms with Crippen molar-refractivity contribution in [3.05, 3.63) is 23.6 Å². The summed E-state index contributed by atoms with van der Waals surface area (Å²) >= 11 is 0. The third-order valence-electron chi connectivity index (χ3n) is 3.16. The summed E-state index contributed by atoms with van der Waals surface area (Å²) in [5.41, 5.74) is 4.31. The lowest BCUT2D eigenvalue weighted by molar-refractivity contribution is 0.514. The van der Waals surface area contributed by atoms with Crippen LogP contribution in [0.25, 0.3) is 22.4 Å². The van der Waals surface area contributed by atoms with Crippen LogP contribution in [-0.4, -0.2) is 15.0 Å². The van der Waals surface area contributed by atoms with Gasteiger partial charge in [0.25, 0.3) is 0 Å². The largest absolute Gasteiger partial charge is 0.441 e. The molecule has 3 aromatic rings. The molecule has 0 unspecified atom stereocenters. The van der Waals surface area contributed by atoms with E-state index in [1.54, 1.807) is 0 Å². The van der Waals surface area contributed by atoms with Crippen LogP contribution in [0.2, 0.25) is 0 Å². The van der Waals surface area contributed by atoms with Crippen LogP contribution >= 0.6 is 0 Å². The highest BCUT2D eigenvalue weighted by Gasteiger charge is 2.13. The van der Waals surface area contributed by atoms with Gasteiger partial charge in [-0.05, 0) is 12.0 Å². The van der Waals surface area contributed by atoms with Gasteiger partial charge >= 0.3 is 0 Å². The zero-order valence-electron chi connectivity index (χ0n) is 11.1. The third-order valence-corrected chi connectivity index (χ3v) is 3.16. The maximum atomic E-state index is 5.72. The van der Waals surface area contributed by atoms with Crippen LogP contribution in [0.1, 0.15) is 51.0 Å². The molecule has 3 rings (SSSR count). The van der Waals surface area contributed by atoms with E-state index in [1.165, 1.54) is 0 Å². The zero-order chi connectivity index (χ0) is 12.9. The van der Waals surface area contributed by atoms with Crippen LogP contribution in [0.5, 0.6) is 0 Å². The van der Waals surface area contributed by atoms with E-state index in [0.29, 0.717) is 17.5 Å². The van der Waals surface area contributed by atoms with Crippen LogP contribution in [0.3, 0.4) is 0 Å². The Morgan fingerprint density at radius 1 is 1.00 bits per heavy atom. The molecule has 18 heavy (non-hydrogen) atoms. The summed E-state index contributed by atoms with van der Waals surface area (Å²) in [6.45, 7) is 8.48. The van der Waals surface area contributed by atoms with Crippen LogP contribution in [0, 0.1) is 0 Å². The maximum absolute atomic E-state index is 5.72. The minimum absolute atomic E-state index is 0.352. The number of rotatable bonds is 2. The fourth-order valence-corrected chi connectivity index (χ4v) is 2.00. The van der Waals surface area contributed by atoms with Crippen LogP contribution in [-0.2, 0) is 0 Å². The SMILES string of the molecule is CC(C)c1cc2nc3oc(C(C)C)cc3nc2[nH]1. The summed E-state index contributed by atoms with van der Waals surface area (Å²) in [5, 5.41) is 0. The Labute approximate surface area is 105 Å². The minimum atomic E-state index is 0.352. The Kier molecular flexibility index (Phi) is 2.40. The van der Waals surface area contributed by atoms with Gasteiger partial charge in [0.1, 0.15) is 16.8 Å². The number of fused-ring (bicyclic) bond motifs is 2. The first-order valence-corrected chi connectivity index (χ1v) is 6.34. The molecule has 0 radical (unpaired) electrons. The first kappa shape index (κ1) is 11.3. The molecule has 0 fully saturated rings. The van der Waals surface area contributed by atoms with Gasteiger partial charge in [-0.25, -0.2) is 9.97 Å². The van der Waals surface area contributed by atoms with Gasteiger partial charge in [-0.1, -0.05) is 27.7 Å². The molecule has 3 heterocycles. The van der Waals surface area contributed by atoms with E-state index >= 15 is 0 Å². The molecule has 0 saturated carbocycles. The first-order chi connectivity index (χ1) is 8.54. The highest BCUT2D eigenvalue weighted by molar-refractivity contribution is 5.82. The number of H-pyrrole nitrogens is 1. The fourth-order valence-electron chi connectivity index (χ4n) is 2.00. The van der Waals surface area contributed by atoms with Crippen LogP contribution in [0.4, 0.5) is 0 Å². The molecule has 4 nitrogen and oxygen atoms in total. The van der Waals surface area contributed by atoms with Gasteiger partial charge in [0.15, 0.2) is 5.65 Å². The molecule has 0 spiro atoms. The molecule has 3 aromatic heterocycles. The topological polar surface area (TPSA) is 54.7 Å².